The summed E-state index contributed by atoms with van der Waals surface area (Å²) in [6, 6.07) is 11.8. The van der Waals surface area contributed by atoms with E-state index in [2.05, 4.69) is 11.6 Å². The third kappa shape index (κ3) is 6.95. The van der Waals surface area contributed by atoms with Gasteiger partial charge >= 0.3 is 1.43 Å². The fourth-order valence-corrected chi connectivity index (χ4v) is 1.79. The van der Waals surface area contributed by atoms with Crippen LogP contribution in [-0.2, 0) is 11.2 Å². The van der Waals surface area contributed by atoms with E-state index >= 15 is 0 Å². The number of phenols is 2. The zero-order valence-electron chi connectivity index (χ0n) is 13.7. The van der Waals surface area contributed by atoms with E-state index in [1.54, 1.807) is 30.3 Å². The quantitative estimate of drug-likeness (QED) is 0.426. The average Bonchev–Trinajstić information content (AvgIpc) is 2.55. The van der Waals surface area contributed by atoms with Crippen LogP contribution >= 0.6 is 0 Å². The van der Waals surface area contributed by atoms with Gasteiger partial charge in [-0.15, -0.1) is 0 Å². The summed E-state index contributed by atoms with van der Waals surface area (Å²) in [5.74, 6) is 0.507. The predicted octanol–water partition coefficient (Wildman–Crippen LogP) is 3.50. The molecule has 0 bridgehead atoms. The summed E-state index contributed by atoms with van der Waals surface area (Å²) in [6.07, 6.45) is 5.78. The van der Waals surface area contributed by atoms with Crippen molar-refractivity contribution in [3.63, 3.8) is 0 Å². The Labute approximate surface area is 136 Å². The predicted molar refractivity (Wildman–Crippen MR) is 94.5 cm³/mol. The van der Waals surface area contributed by atoms with Crippen LogP contribution in [0.25, 0.3) is 0 Å². The van der Waals surface area contributed by atoms with E-state index < -0.39 is 0 Å². The van der Waals surface area contributed by atoms with Crippen LogP contribution in [-0.4, -0.2) is 22.7 Å². The van der Waals surface area contributed by atoms with E-state index in [0.717, 1.165) is 18.5 Å². The fourth-order valence-electron chi connectivity index (χ4n) is 1.79. The Kier molecular flexibility index (Phi) is 7.64. The second-order valence-electron chi connectivity index (χ2n) is 4.63. The molecule has 1 heterocycles. The number of phenolic OH excluding ortho intramolecular Hbond substituents is 2. The van der Waals surface area contributed by atoms with Crippen LogP contribution in [0.5, 0.6) is 11.5 Å². The van der Waals surface area contributed by atoms with Gasteiger partial charge in [-0.2, -0.15) is 0 Å². The summed E-state index contributed by atoms with van der Waals surface area (Å²) in [7, 11) is 0. The average molecular weight is 313 g/mol. The topological polar surface area (TPSA) is 95.9 Å². The van der Waals surface area contributed by atoms with Crippen molar-refractivity contribution in [2.45, 2.75) is 12.8 Å². The van der Waals surface area contributed by atoms with E-state index in [4.69, 9.17) is 20.7 Å². The Morgan fingerprint density at radius 3 is 2.43 bits per heavy atom. The van der Waals surface area contributed by atoms with Crippen LogP contribution in [0.3, 0.4) is 0 Å². The van der Waals surface area contributed by atoms with Crippen molar-refractivity contribution in [2.75, 3.05) is 5.73 Å². The van der Waals surface area contributed by atoms with Crippen molar-refractivity contribution >= 4 is 23.9 Å². The third-order valence-corrected chi connectivity index (χ3v) is 2.81. The molecule has 0 aromatic heterocycles. The summed E-state index contributed by atoms with van der Waals surface area (Å²) in [5, 5.41) is 17.8. The molecule has 5 heteroatoms. The van der Waals surface area contributed by atoms with Crippen LogP contribution in [0.15, 0.2) is 60.1 Å². The van der Waals surface area contributed by atoms with Crippen LogP contribution in [0.1, 0.15) is 13.4 Å². The number of nitrogen functional groups attached to an aromatic ring is 1. The number of anilines is 1. The Morgan fingerprint density at radius 1 is 1.17 bits per heavy atom. The smallest absolute Gasteiger partial charge is 0.508 e. The van der Waals surface area contributed by atoms with Crippen LogP contribution in [0, 0.1) is 0 Å². The number of aromatic hydroxyl groups is 2. The van der Waals surface area contributed by atoms with E-state index in [-0.39, 0.29) is 7.18 Å². The SMILES string of the molecule is C=CC=O.Nc1cccc(O)c1.Oc1ccc2c(c1)N=CCC2.[H+]. The number of aryl methyl sites for hydroxylation is 1. The van der Waals surface area contributed by atoms with Gasteiger partial charge in [0, 0.05) is 24.0 Å². The zero-order chi connectivity index (χ0) is 17.1. The molecular formula is C18H21N2O3+. The van der Waals surface area contributed by atoms with Gasteiger partial charge in [0.25, 0.3) is 0 Å². The first-order valence-electron chi connectivity index (χ1n) is 7.02. The molecule has 3 rings (SSSR count). The van der Waals surface area contributed by atoms with Gasteiger partial charge in [-0.05, 0) is 42.7 Å². The number of hydrogen-bond acceptors (Lipinski definition) is 5. The monoisotopic (exact) mass is 313 g/mol. The minimum atomic E-state index is 0. The number of allylic oxidation sites excluding steroid dienone is 1. The lowest BCUT2D eigenvalue weighted by atomic mass is 10.1. The molecule has 2 aromatic carbocycles. The summed E-state index contributed by atoms with van der Waals surface area (Å²) in [4.78, 5) is 13.2. The molecular weight excluding hydrogens is 292 g/mol. The van der Waals surface area contributed by atoms with Crippen LogP contribution < -0.4 is 5.73 Å². The first kappa shape index (κ1) is 18.0. The van der Waals surface area contributed by atoms with Crippen LogP contribution in [0.4, 0.5) is 11.4 Å². The number of carbonyl (C=O) groups is 1. The Balaban J connectivity index is 0.000000362. The van der Waals surface area contributed by atoms with Crippen molar-refractivity contribution in [3.8, 4) is 11.5 Å². The number of carbonyl (C=O) groups excluding carboxylic acids is 1. The normalized spacial score (nSPS) is 11.0. The molecule has 0 spiro atoms. The van der Waals surface area contributed by atoms with E-state index in [1.165, 1.54) is 17.7 Å². The second kappa shape index (κ2) is 9.78. The van der Waals surface area contributed by atoms with E-state index in [0.29, 0.717) is 17.7 Å². The molecule has 0 amide bonds. The van der Waals surface area contributed by atoms with Crippen LogP contribution in [0.2, 0.25) is 0 Å². The lowest BCUT2D eigenvalue weighted by molar-refractivity contribution is -0.104. The Hall–Kier alpha value is -3.08. The lowest BCUT2D eigenvalue weighted by Gasteiger charge is -2.08. The first-order valence-corrected chi connectivity index (χ1v) is 7.02. The number of aldehydes is 1. The second-order valence-corrected chi connectivity index (χ2v) is 4.63. The maximum Gasteiger partial charge on any atom is 1.00 e. The summed E-state index contributed by atoms with van der Waals surface area (Å²) in [5.41, 5.74) is 8.03. The highest BCUT2D eigenvalue weighted by Gasteiger charge is 2.04. The van der Waals surface area contributed by atoms with Gasteiger partial charge in [-0.1, -0.05) is 18.7 Å². The minimum Gasteiger partial charge on any atom is -0.508 e. The van der Waals surface area contributed by atoms with Crippen molar-refractivity contribution in [3.05, 3.63) is 60.7 Å². The maximum atomic E-state index is 9.11. The standard InChI is InChI=1S/C9H9NO.C6H7NO.C3H4O/c11-8-4-3-7-2-1-5-10-9(7)6-8;7-5-2-1-3-6(8)4-5;1-2-3-4/h3-6,11H,1-2H2;1-4,8H,7H2;2-3H,1H2/p+1. The Morgan fingerprint density at radius 2 is 1.87 bits per heavy atom. The lowest BCUT2D eigenvalue weighted by Crippen LogP contribution is -1.92. The number of nitrogens with zero attached hydrogens (tertiary/aromatic N) is 1. The van der Waals surface area contributed by atoms with Gasteiger partial charge in [0.05, 0.1) is 5.69 Å². The van der Waals surface area contributed by atoms with E-state index in [9.17, 15) is 0 Å². The highest BCUT2D eigenvalue weighted by Crippen LogP contribution is 2.27. The van der Waals surface area contributed by atoms with Gasteiger partial charge in [-0.3, -0.25) is 9.79 Å². The summed E-state index contributed by atoms with van der Waals surface area (Å²) < 4.78 is 0. The van der Waals surface area contributed by atoms with Crippen molar-refractivity contribution in [1.82, 2.24) is 0 Å². The molecule has 0 unspecified atom stereocenters. The van der Waals surface area contributed by atoms with Gasteiger partial charge < -0.3 is 15.9 Å². The molecule has 2 aromatic rings. The largest absolute Gasteiger partial charge is 1.00 e. The molecule has 0 atom stereocenters. The highest BCUT2D eigenvalue weighted by molar-refractivity contribution is 5.69. The van der Waals surface area contributed by atoms with Crippen molar-refractivity contribution in [2.24, 2.45) is 4.99 Å². The molecule has 5 nitrogen and oxygen atoms in total. The van der Waals surface area contributed by atoms with Gasteiger partial charge in [0.2, 0.25) is 0 Å². The molecule has 0 aliphatic carbocycles. The molecule has 0 saturated carbocycles. The minimum absolute atomic E-state index is 0. The maximum absolute atomic E-state index is 9.11. The van der Waals surface area contributed by atoms with Gasteiger partial charge in [-0.25, -0.2) is 0 Å². The van der Waals surface area contributed by atoms with Gasteiger partial charge in [0.1, 0.15) is 17.8 Å². The molecule has 1 aliphatic heterocycles. The number of benzene rings is 2. The molecule has 120 valence electrons. The Bertz CT molecular complexity index is 664. The number of fused-ring (bicyclic) bond motifs is 1. The first-order chi connectivity index (χ1) is 11.1. The molecule has 0 saturated heterocycles. The third-order valence-electron chi connectivity index (χ3n) is 2.81. The number of aliphatic imine (C=N–C) groups is 1. The van der Waals surface area contributed by atoms with E-state index in [1.807, 2.05) is 12.3 Å². The fraction of sp³-hybridized carbons (Fsp3) is 0.111. The summed E-state index contributed by atoms with van der Waals surface area (Å²) >= 11 is 0. The molecule has 1 aliphatic rings. The van der Waals surface area contributed by atoms with Gasteiger partial charge in [0.15, 0.2) is 0 Å². The summed E-state index contributed by atoms with van der Waals surface area (Å²) in [6.45, 7) is 3.11. The number of nitrogens with two attached hydrogens (primary N) is 1. The zero-order valence-corrected chi connectivity index (χ0v) is 12.7. The molecule has 4 N–H and O–H groups in total. The van der Waals surface area contributed by atoms with Crippen molar-refractivity contribution < 1.29 is 16.4 Å². The van der Waals surface area contributed by atoms with Crippen molar-refractivity contribution in [1.29, 1.82) is 0 Å². The number of rotatable bonds is 1. The molecule has 23 heavy (non-hydrogen) atoms. The molecule has 0 fully saturated rings. The molecule has 0 radical (unpaired) electrons. The number of hydrogen-bond donors (Lipinski definition) is 3. The highest BCUT2D eigenvalue weighted by atomic mass is 16.3.